The molecular weight excluding hydrogens is 572 g/mol. The highest BCUT2D eigenvalue weighted by molar-refractivity contribution is 7.17. The molecule has 5 rings (SSSR count). The third-order valence-electron chi connectivity index (χ3n) is 7.01. The van der Waals surface area contributed by atoms with Gasteiger partial charge < -0.3 is 24.1 Å². The van der Waals surface area contributed by atoms with Crippen LogP contribution in [-0.2, 0) is 20.7 Å². The second-order valence-electron chi connectivity index (χ2n) is 9.99. The van der Waals surface area contributed by atoms with Gasteiger partial charge in [-0.05, 0) is 69.2 Å². The molecule has 2 aromatic carbocycles. The number of hydrogen-bond acceptors (Lipinski definition) is 10. The van der Waals surface area contributed by atoms with Crippen molar-refractivity contribution in [1.82, 2.24) is 4.98 Å². The van der Waals surface area contributed by atoms with E-state index in [9.17, 15) is 19.5 Å². The number of aromatic nitrogens is 1. The fourth-order valence-corrected chi connectivity index (χ4v) is 6.17. The standard InChI is InChI=1S/C32H32N2O8S/c1-6-13-41-31(38)29-18(5)33-32(43-29)34-26(19-9-12-23(39-7-2)24(16-19)40-8-3)25(28(36)30(34)37)27(35)20-10-11-22-21(15-20)14-17(4)42-22/h6,9-12,15-17,26,35H,1,7-8,13-14H2,2-5H3/t17-,26+/m0/s1. The number of fused-ring (bicyclic) bond motifs is 1. The predicted molar refractivity (Wildman–Crippen MR) is 161 cm³/mol. The van der Waals surface area contributed by atoms with Gasteiger partial charge in [0.1, 0.15) is 29.1 Å². The Labute approximate surface area is 253 Å². The van der Waals surface area contributed by atoms with Gasteiger partial charge in [-0.25, -0.2) is 9.78 Å². The van der Waals surface area contributed by atoms with Crippen molar-refractivity contribution in [2.75, 3.05) is 24.7 Å². The van der Waals surface area contributed by atoms with Gasteiger partial charge in [0, 0.05) is 12.0 Å². The largest absolute Gasteiger partial charge is 0.507 e. The molecule has 0 aliphatic carbocycles. The Morgan fingerprint density at radius 1 is 1.16 bits per heavy atom. The van der Waals surface area contributed by atoms with Crippen LogP contribution in [-0.4, -0.2) is 53.7 Å². The molecule has 0 unspecified atom stereocenters. The molecule has 0 spiro atoms. The number of ketones is 1. The molecule has 0 bridgehead atoms. The zero-order valence-electron chi connectivity index (χ0n) is 24.3. The lowest BCUT2D eigenvalue weighted by Crippen LogP contribution is -2.29. The number of ether oxygens (including phenoxy) is 4. The van der Waals surface area contributed by atoms with Crippen molar-refractivity contribution < 1.29 is 38.4 Å². The number of esters is 1. The van der Waals surface area contributed by atoms with Gasteiger partial charge in [0.2, 0.25) is 0 Å². The first-order valence-electron chi connectivity index (χ1n) is 13.9. The van der Waals surface area contributed by atoms with Crippen molar-refractivity contribution >= 4 is 39.9 Å². The fourth-order valence-electron chi connectivity index (χ4n) is 5.18. The van der Waals surface area contributed by atoms with Crippen molar-refractivity contribution in [2.45, 2.75) is 46.3 Å². The number of aliphatic hydroxyl groups excluding tert-OH is 1. The summed E-state index contributed by atoms with van der Waals surface area (Å²) in [6.07, 6.45) is 2.08. The molecule has 1 saturated heterocycles. The Morgan fingerprint density at radius 3 is 2.63 bits per heavy atom. The lowest BCUT2D eigenvalue weighted by molar-refractivity contribution is -0.132. The highest BCUT2D eigenvalue weighted by Gasteiger charge is 2.49. The molecule has 1 fully saturated rings. The van der Waals surface area contributed by atoms with E-state index in [0.717, 1.165) is 16.9 Å². The minimum Gasteiger partial charge on any atom is -0.507 e. The lowest BCUT2D eigenvalue weighted by Gasteiger charge is -2.24. The molecule has 3 heterocycles. The van der Waals surface area contributed by atoms with E-state index in [0.29, 0.717) is 53.7 Å². The molecule has 1 amide bonds. The summed E-state index contributed by atoms with van der Waals surface area (Å²) in [5, 5.41) is 11.7. The van der Waals surface area contributed by atoms with Crippen LogP contribution in [0.15, 0.2) is 54.6 Å². The van der Waals surface area contributed by atoms with Crippen LogP contribution in [0.25, 0.3) is 5.76 Å². The molecule has 10 nitrogen and oxygen atoms in total. The number of hydrogen-bond donors (Lipinski definition) is 1. The number of carbonyl (C=O) groups excluding carboxylic acids is 3. The zero-order chi connectivity index (χ0) is 30.8. The molecule has 1 N–H and O–H groups in total. The maximum atomic E-state index is 13.7. The second kappa shape index (κ2) is 12.3. The Hall–Kier alpha value is -4.64. The van der Waals surface area contributed by atoms with Gasteiger partial charge in [0.25, 0.3) is 5.78 Å². The summed E-state index contributed by atoms with van der Waals surface area (Å²) in [4.78, 5) is 46.0. The summed E-state index contributed by atoms with van der Waals surface area (Å²) >= 11 is 0.928. The Balaban J connectivity index is 1.68. The number of Topliss-reactive ketones (excluding diaryl/α,β-unsaturated/α-hetero) is 1. The van der Waals surface area contributed by atoms with Gasteiger partial charge in [-0.1, -0.05) is 30.1 Å². The quantitative estimate of drug-likeness (QED) is 0.104. The maximum Gasteiger partial charge on any atom is 0.350 e. The smallest absolute Gasteiger partial charge is 0.350 e. The molecule has 1 aromatic heterocycles. The van der Waals surface area contributed by atoms with Crippen LogP contribution in [0, 0.1) is 6.92 Å². The number of rotatable bonds is 10. The van der Waals surface area contributed by atoms with Gasteiger partial charge in [0.05, 0.1) is 30.5 Å². The maximum absolute atomic E-state index is 13.7. The minimum atomic E-state index is -1.08. The lowest BCUT2D eigenvalue weighted by atomic mass is 9.94. The van der Waals surface area contributed by atoms with Crippen molar-refractivity contribution in [3.05, 3.63) is 81.9 Å². The number of nitrogens with zero attached hydrogens (tertiary/aromatic N) is 2. The molecule has 2 aliphatic heterocycles. The molecule has 0 saturated carbocycles. The highest BCUT2D eigenvalue weighted by Crippen LogP contribution is 2.46. The number of aryl methyl sites for hydroxylation is 1. The number of anilines is 1. The second-order valence-corrected chi connectivity index (χ2v) is 11.0. The molecule has 224 valence electrons. The normalized spacial score (nSPS) is 18.7. The van der Waals surface area contributed by atoms with Gasteiger partial charge in [0.15, 0.2) is 16.6 Å². The number of aliphatic hydroxyl groups is 1. The molecular formula is C32H32N2O8S. The third kappa shape index (κ3) is 5.60. The van der Waals surface area contributed by atoms with Crippen LogP contribution in [0.1, 0.15) is 58.9 Å². The summed E-state index contributed by atoms with van der Waals surface area (Å²) in [5.74, 6) is -1.11. The first-order valence-corrected chi connectivity index (χ1v) is 14.8. The van der Waals surface area contributed by atoms with Crippen molar-refractivity contribution in [1.29, 1.82) is 0 Å². The van der Waals surface area contributed by atoms with Crippen LogP contribution < -0.4 is 19.1 Å². The number of carbonyl (C=O) groups is 3. The van der Waals surface area contributed by atoms with E-state index >= 15 is 0 Å². The van der Waals surface area contributed by atoms with Gasteiger partial charge in [-0.2, -0.15) is 0 Å². The van der Waals surface area contributed by atoms with Crippen molar-refractivity contribution in [3.63, 3.8) is 0 Å². The average Bonchev–Trinajstić information content (AvgIpc) is 3.64. The molecule has 2 atom stereocenters. The molecule has 0 radical (unpaired) electrons. The van der Waals surface area contributed by atoms with E-state index in [2.05, 4.69) is 11.6 Å². The van der Waals surface area contributed by atoms with Crippen LogP contribution >= 0.6 is 11.3 Å². The fraction of sp³-hybridized carbons (Fsp3) is 0.312. The molecule has 11 heteroatoms. The summed E-state index contributed by atoms with van der Waals surface area (Å²) in [6, 6.07) is 9.18. The first-order chi connectivity index (χ1) is 20.7. The van der Waals surface area contributed by atoms with E-state index in [-0.39, 0.29) is 34.1 Å². The average molecular weight is 605 g/mol. The topological polar surface area (TPSA) is 124 Å². The summed E-state index contributed by atoms with van der Waals surface area (Å²) in [5.41, 5.74) is 1.96. The molecule has 2 aliphatic rings. The SMILES string of the molecule is C=CCOC(=O)c1sc(N2C(=O)C(=O)C(=C(O)c3ccc4c(c3)C[C@H](C)O4)[C@H]2c2ccc(OCC)c(OCC)c2)nc1C. The monoisotopic (exact) mass is 604 g/mol. The van der Waals surface area contributed by atoms with Crippen LogP contribution in [0.2, 0.25) is 0 Å². The first kappa shape index (κ1) is 29.8. The minimum absolute atomic E-state index is 0.00695. The van der Waals surface area contributed by atoms with E-state index in [4.69, 9.17) is 18.9 Å². The zero-order valence-corrected chi connectivity index (χ0v) is 25.2. The number of amides is 1. The van der Waals surface area contributed by atoms with Gasteiger partial charge in [-0.3, -0.25) is 14.5 Å². The molecule has 3 aromatic rings. The highest BCUT2D eigenvalue weighted by atomic mass is 32.1. The van der Waals surface area contributed by atoms with E-state index in [1.54, 1.807) is 43.3 Å². The van der Waals surface area contributed by atoms with Gasteiger partial charge in [-0.15, -0.1) is 0 Å². The summed E-state index contributed by atoms with van der Waals surface area (Å²) < 4.78 is 22.5. The summed E-state index contributed by atoms with van der Waals surface area (Å²) in [7, 11) is 0. The van der Waals surface area contributed by atoms with Crippen LogP contribution in [0.3, 0.4) is 0 Å². The van der Waals surface area contributed by atoms with Crippen molar-refractivity contribution in [2.24, 2.45) is 0 Å². The van der Waals surface area contributed by atoms with Gasteiger partial charge >= 0.3 is 11.9 Å². The summed E-state index contributed by atoms with van der Waals surface area (Å²) in [6.45, 7) is 11.6. The Kier molecular flexibility index (Phi) is 8.54. The predicted octanol–water partition coefficient (Wildman–Crippen LogP) is 5.54. The Morgan fingerprint density at radius 2 is 1.91 bits per heavy atom. The van der Waals surface area contributed by atoms with Crippen molar-refractivity contribution in [3.8, 4) is 17.2 Å². The number of thiazole rings is 1. The van der Waals surface area contributed by atoms with Crippen LogP contribution in [0.4, 0.5) is 5.13 Å². The molecule has 43 heavy (non-hydrogen) atoms. The van der Waals surface area contributed by atoms with Crippen LogP contribution in [0.5, 0.6) is 17.2 Å². The van der Waals surface area contributed by atoms with E-state index in [1.165, 1.54) is 11.0 Å². The third-order valence-corrected chi connectivity index (χ3v) is 8.14. The van der Waals surface area contributed by atoms with E-state index in [1.807, 2.05) is 20.8 Å². The Bertz CT molecular complexity index is 1640. The van der Waals surface area contributed by atoms with E-state index < -0.39 is 23.7 Å². The number of benzene rings is 2.